The van der Waals surface area contributed by atoms with E-state index in [0.29, 0.717) is 12.3 Å². The zero-order valence-electron chi connectivity index (χ0n) is 10.2. The second kappa shape index (κ2) is 9.12. The van der Waals surface area contributed by atoms with E-state index in [1.54, 1.807) is 6.08 Å². The van der Waals surface area contributed by atoms with E-state index in [1.165, 1.54) is 0 Å². The van der Waals surface area contributed by atoms with E-state index in [4.69, 9.17) is 5.73 Å². The lowest BCUT2D eigenvalue weighted by atomic mass is 10.2. The number of aliphatic hydroxyl groups excluding tert-OH is 1. The standard InChI is InChI=1S/C12H23N3O/c1-4-6-8-14-9-12(16)11(7-5-2)15-10(3)13/h5,7,12,14,16H,3-4,6,8-9,13H2,1-2H3/b7-5-,15-11+. The molecule has 4 heteroatoms. The molecule has 0 aromatic carbocycles. The van der Waals surface area contributed by atoms with Crippen LogP contribution in [0.4, 0.5) is 0 Å². The van der Waals surface area contributed by atoms with Gasteiger partial charge in [0.25, 0.3) is 0 Å². The third kappa shape index (κ3) is 7.20. The molecule has 1 unspecified atom stereocenters. The van der Waals surface area contributed by atoms with Gasteiger partial charge in [-0.1, -0.05) is 26.0 Å². The molecule has 0 bridgehead atoms. The Morgan fingerprint density at radius 2 is 2.31 bits per heavy atom. The molecule has 16 heavy (non-hydrogen) atoms. The highest BCUT2D eigenvalue weighted by molar-refractivity contribution is 5.99. The predicted octanol–water partition coefficient (Wildman–Crippen LogP) is 1.18. The Morgan fingerprint density at radius 3 is 2.81 bits per heavy atom. The lowest BCUT2D eigenvalue weighted by Gasteiger charge is -2.12. The molecule has 0 amide bonds. The van der Waals surface area contributed by atoms with Crippen LogP contribution in [0.25, 0.3) is 0 Å². The number of nitrogens with zero attached hydrogens (tertiary/aromatic N) is 1. The van der Waals surface area contributed by atoms with Gasteiger partial charge in [-0.05, 0) is 26.0 Å². The van der Waals surface area contributed by atoms with Crippen molar-refractivity contribution in [1.82, 2.24) is 5.32 Å². The van der Waals surface area contributed by atoms with Crippen LogP contribution < -0.4 is 11.1 Å². The van der Waals surface area contributed by atoms with Gasteiger partial charge in [-0.15, -0.1) is 0 Å². The molecule has 0 radical (unpaired) electrons. The van der Waals surface area contributed by atoms with Crippen molar-refractivity contribution in [2.24, 2.45) is 10.7 Å². The summed E-state index contributed by atoms with van der Waals surface area (Å²) in [6, 6.07) is 0. The van der Waals surface area contributed by atoms with Gasteiger partial charge in [0.2, 0.25) is 0 Å². The van der Waals surface area contributed by atoms with E-state index < -0.39 is 6.10 Å². The lowest BCUT2D eigenvalue weighted by molar-refractivity contribution is 0.237. The van der Waals surface area contributed by atoms with Crippen LogP contribution in [-0.2, 0) is 0 Å². The molecule has 0 fully saturated rings. The maximum atomic E-state index is 9.85. The molecule has 0 aliphatic carbocycles. The van der Waals surface area contributed by atoms with Crippen LogP contribution in [0, 0.1) is 0 Å². The second-order valence-corrected chi connectivity index (χ2v) is 3.60. The van der Waals surface area contributed by atoms with E-state index in [9.17, 15) is 5.11 Å². The summed E-state index contributed by atoms with van der Waals surface area (Å²) >= 11 is 0. The number of hydrogen-bond acceptors (Lipinski definition) is 4. The molecule has 4 N–H and O–H groups in total. The molecular weight excluding hydrogens is 202 g/mol. The van der Waals surface area contributed by atoms with Crippen LogP contribution in [-0.4, -0.2) is 30.0 Å². The maximum Gasteiger partial charge on any atom is 0.116 e. The fraction of sp³-hybridized carbons (Fsp3) is 0.583. The van der Waals surface area contributed by atoms with Gasteiger partial charge in [0, 0.05) is 6.54 Å². The molecule has 0 spiro atoms. The van der Waals surface area contributed by atoms with E-state index in [2.05, 4.69) is 23.8 Å². The Hall–Kier alpha value is -1.13. The van der Waals surface area contributed by atoms with Crippen LogP contribution in [0.5, 0.6) is 0 Å². The highest BCUT2D eigenvalue weighted by atomic mass is 16.3. The molecule has 0 aromatic heterocycles. The van der Waals surface area contributed by atoms with Gasteiger partial charge in [0.15, 0.2) is 0 Å². The van der Waals surface area contributed by atoms with E-state index in [1.807, 2.05) is 13.0 Å². The topological polar surface area (TPSA) is 70.6 Å². The fourth-order valence-electron chi connectivity index (χ4n) is 1.20. The summed E-state index contributed by atoms with van der Waals surface area (Å²) in [5.74, 6) is 0.209. The average molecular weight is 225 g/mol. The third-order valence-corrected chi connectivity index (χ3v) is 2.00. The van der Waals surface area contributed by atoms with Crippen LogP contribution in [0.3, 0.4) is 0 Å². The van der Waals surface area contributed by atoms with Gasteiger partial charge < -0.3 is 16.2 Å². The molecule has 0 aliphatic rings. The molecule has 0 aromatic rings. The normalized spacial score (nSPS) is 14.3. The number of aliphatic hydroxyl groups is 1. The number of rotatable bonds is 8. The Kier molecular flexibility index (Phi) is 8.48. The van der Waals surface area contributed by atoms with Crippen molar-refractivity contribution in [3.8, 4) is 0 Å². The summed E-state index contributed by atoms with van der Waals surface area (Å²) in [4.78, 5) is 3.99. The van der Waals surface area contributed by atoms with Crippen LogP contribution in [0.1, 0.15) is 26.7 Å². The number of aliphatic imine (C=N–C) groups is 1. The highest BCUT2D eigenvalue weighted by Gasteiger charge is 2.09. The molecule has 0 heterocycles. The Bertz CT molecular complexity index is 259. The number of unbranched alkanes of at least 4 members (excludes halogenated alkanes) is 1. The Morgan fingerprint density at radius 1 is 1.62 bits per heavy atom. The van der Waals surface area contributed by atoms with Gasteiger partial charge in [0.1, 0.15) is 11.9 Å². The molecule has 0 saturated heterocycles. The van der Waals surface area contributed by atoms with Crippen LogP contribution in [0.2, 0.25) is 0 Å². The minimum Gasteiger partial charge on any atom is -0.385 e. The summed E-state index contributed by atoms with van der Waals surface area (Å²) in [6.45, 7) is 8.88. The molecule has 0 rings (SSSR count). The number of hydrogen-bond donors (Lipinski definition) is 3. The summed E-state index contributed by atoms with van der Waals surface area (Å²) < 4.78 is 0. The Balaban J connectivity index is 4.18. The summed E-state index contributed by atoms with van der Waals surface area (Å²) in [5, 5.41) is 13.0. The number of nitrogens with two attached hydrogens (primary N) is 1. The van der Waals surface area contributed by atoms with Crippen molar-refractivity contribution in [3.63, 3.8) is 0 Å². The minimum absolute atomic E-state index is 0.209. The van der Waals surface area contributed by atoms with Gasteiger partial charge in [-0.2, -0.15) is 0 Å². The average Bonchev–Trinajstić information content (AvgIpc) is 2.23. The number of nitrogens with one attached hydrogen (secondary N) is 1. The highest BCUT2D eigenvalue weighted by Crippen LogP contribution is 1.95. The fourth-order valence-corrected chi connectivity index (χ4v) is 1.20. The molecular formula is C12H23N3O. The monoisotopic (exact) mass is 225 g/mol. The molecule has 4 nitrogen and oxygen atoms in total. The van der Waals surface area contributed by atoms with E-state index >= 15 is 0 Å². The summed E-state index contributed by atoms with van der Waals surface area (Å²) in [7, 11) is 0. The predicted molar refractivity (Wildman–Crippen MR) is 69.4 cm³/mol. The minimum atomic E-state index is -0.645. The lowest BCUT2D eigenvalue weighted by Crippen LogP contribution is -2.33. The summed E-state index contributed by atoms with van der Waals surface area (Å²) in [5.41, 5.74) is 5.93. The zero-order valence-corrected chi connectivity index (χ0v) is 10.2. The van der Waals surface area contributed by atoms with Crippen LogP contribution in [0.15, 0.2) is 29.5 Å². The largest absolute Gasteiger partial charge is 0.385 e. The summed E-state index contributed by atoms with van der Waals surface area (Å²) in [6.07, 6.45) is 5.15. The van der Waals surface area contributed by atoms with Gasteiger partial charge in [0.05, 0.1) is 5.71 Å². The van der Waals surface area contributed by atoms with Crippen LogP contribution >= 0.6 is 0 Å². The smallest absolute Gasteiger partial charge is 0.116 e. The molecule has 1 atom stereocenters. The van der Waals surface area contributed by atoms with E-state index in [-0.39, 0.29) is 5.82 Å². The quantitative estimate of drug-likeness (QED) is 0.429. The first kappa shape index (κ1) is 14.9. The van der Waals surface area contributed by atoms with Gasteiger partial charge >= 0.3 is 0 Å². The van der Waals surface area contributed by atoms with Crippen molar-refractivity contribution >= 4 is 5.71 Å². The van der Waals surface area contributed by atoms with E-state index in [0.717, 1.165) is 19.4 Å². The van der Waals surface area contributed by atoms with Gasteiger partial charge in [-0.3, -0.25) is 0 Å². The van der Waals surface area contributed by atoms with Crippen molar-refractivity contribution in [1.29, 1.82) is 0 Å². The van der Waals surface area contributed by atoms with Crippen molar-refractivity contribution in [2.45, 2.75) is 32.8 Å². The molecule has 0 saturated carbocycles. The molecule has 0 aliphatic heterocycles. The number of allylic oxidation sites excluding steroid dienone is 1. The second-order valence-electron chi connectivity index (χ2n) is 3.60. The zero-order chi connectivity index (χ0) is 12.4. The SMILES string of the molecule is C=C(N)/N=C(\C=C/C)C(O)CNCCCC. The maximum absolute atomic E-state index is 9.85. The Labute approximate surface area is 98.0 Å². The molecule has 92 valence electrons. The van der Waals surface area contributed by atoms with Crippen molar-refractivity contribution < 1.29 is 5.11 Å². The van der Waals surface area contributed by atoms with Gasteiger partial charge in [-0.25, -0.2) is 4.99 Å². The third-order valence-electron chi connectivity index (χ3n) is 2.00. The first-order valence-electron chi connectivity index (χ1n) is 5.66. The van der Waals surface area contributed by atoms with Crippen molar-refractivity contribution in [2.75, 3.05) is 13.1 Å². The first-order valence-corrected chi connectivity index (χ1v) is 5.66. The van der Waals surface area contributed by atoms with Crippen molar-refractivity contribution in [3.05, 3.63) is 24.6 Å². The first-order chi connectivity index (χ1) is 7.61.